The van der Waals surface area contributed by atoms with E-state index in [0.29, 0.717) is 24.0 Å². The van der Waals surface area contributed by atoms with Crippen LogP contribution in [0.1, 0.15) is 88.0 Å². The molecule has 286 valence electrons. The van der Waals surface area contributed by atoms with Crippen molar-refractivity contribution in [1.29, 1.82) is 0 Å². The van der Waals surface area contributed by atoms with Crippen LogP contribution in [0, 0.1) is 5.41 Å². The van der Waals surface area contributed by atoms with Crippen molar-refractivity contribution >= 4 is 44.6 Å². The SMILES string of the molecule is C=CC[C@@](C)(NC(=O)[C@@H]1C[C@@H](Oc2nccc3cc(OC(C)C)ccc23)CN1C(=O)[C@@H](NC(=O)OC(C)(C)C)C(C)(C)C)C(=O)NS(=O)(=O)C1CC1. The van der Waals surface area contributed by atoms with Gasteiger partial charge in [-0.1, -0.05) is 26.8 Å². The number of hydrogen-bond donors (Lipinski definition) is 3. The summed E-state index contributed by atoms with van der Waals surface area (Å²) in [7, 11) is -3.93. The summed E-state index contributed by atoms with van der Waals surface area (Å²) in [4.78, 5) is 60.8. The average Bonchev–Trinajstić information content (AvgIpc) is 3.79. The van der Waals surface area contributed by atoms with Crippen LogP contribution in [0.15, 0.2) is 43.1 Å². The first-order chi connectivity index (χ1) is 24.0. The molecule has 2 fully saturated rings. The second-order valence-electron chi connectivity index (χ2n) is 16.1. The first-order valence-electron chi connectivity index (χ1n) is 17.5. The zero-order chi connectivity index (χ0) is 38.8. The van der Waals surface area contributed by atoms with Gasteiger partial charge < -0.3 is 29.7 Å². The Morgan fingerprint density at radius 3 is 2.31 bits per heavy atom. The Morgan fingerprint density at radius 1 is 1.06 bits per heavy atom. The number of pyridine rings is 1. The molecule has 52 heavy (non-hydrogen) atoms. The Morgan fingerprint density at radius 2 is 1.73 bits per heavy atom. The maximum absolute atomic E-state index is 14.5. The van der Waals surface area contributed by atoms with Crippen molar-refractivity contribution in [2.24, 2.45) is 5.41 Å². The number of hydrogen-bond acceptors (Lipinski definition) is 10. The highest BCUT2D eigenvalue weighted by Gasteiger charge is 2.49. The fourth-order valence-electron chi connectivity index (χ4n) is 5.89. The molecule has 1 aromatic heterocycles. The minimum absolute atomic E-state index is 0.000351. The summed E-state index contributed by atoms with van der Waals surface area (Å²) in [6, 6.07) is 5.02. The normalized spacial score (nSPS) is 19.7. The summed E-state index contributed by atoms with van der Waals surface area (Å²) >= 11 is 0. The van der Waals surface area contributed by atoms with Gasteiger partial charge >= 0.3 is 6.09 Å². The molecule has 1 aromatic carbocycles. The number of nitrogens with one attached hydrogen (secondary N) is 3. The molecule has 0 bridgehead atoms. The molecule has 4 atom stereocenters. The summed E-state index contributed by atoms with van der Waals surface area (Å²) < 4.78 is 45.1. The first kappa shape index (κ1) is 40.4. The van der Waals surface area contributed by atoms with Gasteiger partial charge in [-0.2, -0.15) is 0 Å². The zero-order valence-electron chi connectivity index (χ0n) is 31.6. The van der Waals surface area contributed by atoms with Gasteiger partial charge in [0.2, 0.25) is 27.7 Å². The molecule has 4 amide bonds. The van der Waals surface area contributed by atoms with Crippen LogP contribution in [0.3, 0.4) is 0 Å². The molecule has 1 saturated heterocycles. The Bertz CT molecular complexity index is 1800. The predicted octanol–water partition coefficient (Wildman–Crippen LogP) is 4.37. The smallest absolute Gasteiger partial charge is 0.408 e. The highest BCUT2D eigenvalue weighted by Crippen LogP contribution is 2.33. The van der Waals surface area contributed by atoms with E-state index in [1.807, 2.05) is 38.1 Å². The maximum Gasteiger partial charge on any atom is 0.408 e. The van der Waals surface area contributed by atoms with Crippen molar-refractivity contribution in [1.82, 2.24) is 25.2 Å². The Kier molecular flexibility index (Phi) is 11.9. The van der Waals surface area contributed by atoms with E-state index in [1.165, 1.54) is 17.9 Å². The molecular formula is C37H53N5O9S. The molecule has 3 N–H and O–H groups in total. The topological polar surface area (TPSA) is 182 Å². The summed E-state index contributed by atoms with van der Waals surface area (Å²) in [6.07, 6.45) is 2.22. The molecule has 1 saturated carbocycles. The van der Waals surface area contributed by atoms with E-state index >= 15 is 0 Å². The largest absolute Gasteiger partial charge is 0.491 e. The molecule has 0 unspecified atom stereocenters. The van der Waals surface area contributed by atoms with Gasteiger partial charge in [-0.15, -0.1) is 6.58 Å². The molecule has 14 nitrogen and oxygen atoms in total. The minimum Gasteiger partial charge on any atom is -0.491 e. The van der Waals surface area contributed by atoms with Crippen LogP contribution in [0.5, 0.6) is 11.6 Å². The van der Waals surface area contributed by atoms with Crippen molar-refractivity contribution < 1.29 is 41.8 Å². The molecule has 2 heterocycles. The van der Waals surface area contributed by atoms with Crippen LogP contribution in [-0.2, 0) is 29.1 Å². The number of fused-ring (bicyclic) bond motifs is 1. The summed E-state index contributed by atoms with van der Waals surface area (Å²) in [5.74, 6) is -1.24. The van der Waals surface area contributed by atoms with Crippen LogP contribution in [0.2, 0.25) is 0 Å². The third kappa shape index (κ3) is 10.1. The van der Waals surface area contributed by atoms with E-state index in [4.69, 9.17) is 14.2 Å². The van der Waals surface area contributed by atoms with E-state index in [1.54, 1.807) is 47.7 Å². The van der Waals surface area contributed by atoms with Gasteiger partial charge in [0.1, 0.15) is 35.1 Å². The summed E-state index contributed by atoms with van der Waals surface area (Å²) in [6.45, 7) is 19.3. The number of carbonyl (C=O) groups excluding carboxylic acids is 4. The molecule has 1 aliphatic heterocycles. The van der Waals surface area contributed by atoms with Gasteiger partial charge in [0.25, 0.3) is 5.91 Å². The standard InChI is InChI=1S/C37H53N5O9S/c1-11-17-37(10,33(45)41-52(47,48)26-13-14-26)40-30(43)28-20-25(50-31-27-15-12-24(49-22(2)3)19-23(27)16-18-38-31)21-42(28)32(44)29(35(4,5)6)39-34(46)51-36(7,8)9/h11-12,15-16,18-19,22,25-26,28-29H,1,13-14,17,20-21H2,2-10H3,(H,39,46)(H,40,43)(H,41,45)/t25-,28+,29-,37-/m1/s1. The van der Waals surface area contributed by atoms with Crippen LogP contribution in [0.4, 0.5) is 4.79 Å². The highest BCUT2D eigenvalue weighted by atomic mass is 32.2. The van der Waals surface area contributed by atoms with Gasteiger partial charge in [0.15, 0.2) is 0 Å². The van der Waals surface area contributed by atoms with E-state index in [-0.39, 0.29) is 31.4 Å². The lowest BCUT2D eigenvalue weighted by molar-refractivity contribution is -0.143. The second kappa shape index (κ2) is 15.3. The van der Waals surface area contributed by atoms with Crippen molar-refractivity contribution in [2.45, 2.75) is 129 Å². The molecule has 2 aromatic rings. The number of nitrogens with zero attached hydrogens (tertiary/aromatic N) is 2. The Balaban J connectivity index is 1.67. The number of sulfonamides is 1. The lowest BCUT2D eigenvalue weighted by atomic mass is 9.85. The third-order valence-electron chi connectivity index (χ3n) is 8.62. The van der Waals surface area contributed by atoms with E-state index in [2.05, 4.69) is 26.9 Å². The fourth-order valence-corrected chi connectivity index (χ4v) is 7.30. The maximum atomic E-state index is 14.5. The molecule has 0 radical (unpaired) electrons. The van der Waals surface area contributed by atoms with Gasteiger partial charge in [0, 0.05) is 18.0 Å². The van der Waals surface area contributed by atoms with E-state index in [0.717, 1.165) is 5.39 Å². The van der Waals surface area contributed by atoms with Crippen molar-refractivity contribution in [3.8, 4) is 11.6 Å². The number of benzene rings is 1. The number of amides is 4. The predicted molar refractivity (Wildman–Crippen MR) is 196 cm³/mol. The Hall–Kier alpha value is -4.40. The van der Waals surface area contributed by atoms with Crippen LogP contribution in [0.25, 0.3) is 10.8 Å². The number of ether oxygens (including phenoxy) is 3. The molecule has 1 aliphatic carbocycles. The van der Waals surface area contributed by atoms with Crippen molar-refractivity contribution in [2.75, 3.05) is 6.54 Å². The van der Waals surface area contributed by atoms with E-state index in [9.17, 15) is 27.6 Å². The number of rotatable bonds is 13. The number of aromatic nitrogens is 1. The quantitative estimate of drug-likeness (QED) is 0.249. The second-order valence-corrected chi connectivity index (χ2v) is 18.0. The van der Waals surface area contributed by atoms with E-state index < -0.39 is 73.8 Å². The molecule has 4 rings (SSSR count). The van der Waals surface area contributed by atoms with Gasteiger partial charge in [-0.25, -0.2) is 18.2 Å². The number of likely N-dealkylation sites (tertiary alicyclic amines) is 1. The lowest BCUT2D eigenvalue weighted by Crippen LogP contribution is -2.62. The van der Waals surface area contributed by atoms with Crippen molar-refractivity contribution in [3.63, 3.8) is 0 Å². The molecule has 0 spiro atoms. The monoisotopic (exact) mass is 743 g/mol. The fraction of sp³-hybridized carbons (Fsp3) is 0.595. The molecule has 2 aliphatic rings. The van der Waals surface area contributed by atoms with Gasteiger partial charge in [-0.3, -0.25) is 19.1 Å². The summed E-state index contributed by atoms with van der Waals surface area (Å²) in [5.41, 5.74) is -3.38. The number of alkyl carbamates (subject to hydrolysis) is 1. The van der Waals surface area contributed by atoms with Crippen LogP contribution in [-0.4, -0.2) is 89.3 Å². The van der Waals surface area contributed by atoms with Crippen LogP contribution >= 0.6 is 0 Å². The minimum atomic E-state index is -3.93. The number of carbonyl (C=O) groups is 4. The average molecular weight is 744 g/mol. The molecular weight excluding hydrogens is 691 g/mol. The Labute approximate surface area is 306 Å². The van der Waals surface area contributed by atoms with Crippen LogP contribution < -0.4 is 24.8 Å². The molecule has 15 heteroatoms. The zero-order valence-corrected chi connectivity index (χ0v) is 32.4. The summed E-state index contributed by atoms with van der Waals surface area (Å²) in [5, 5.41) is 6.24. The lowest BCUT2D eigenvalue weighted by Gasteiger charge is -2.36. The van der Waals surface area contributed by atoms with Gasteiger partial charge in [0.05, 0.1) is 17.9 Å². The van der Waals surface area contributed by atoms with Crippen molar-refractivity contribution in [3.05, 3.63) is 43.1 Å². The third-order valence-corrected chi connectivity index (χ3v) is 10.4. The first-order valence-corrected chi connectivity index (χ1v) is 19.1. The highest BCUT2D eigenvalue weighted by molar-refractivity contribution is 7.91. The van der Waals surface area contributed by atoms with Gasteiger partial charge in [-0.05, 0) is 95.9 Å².